The number of hydrogen-bond acceptors (Lipinski definition) is 0. The zero-order valence-corrected chi connectivity index (χ0v) is 13.6. The maximum Gasteiger partial charge on any atom is 0.286 e. The van der Waals surface area contributed by atoms with Crippen molar-refractivity contribution in [3.8, 4) is 11.3 Å². The summed E-state index contributed by atoms with van der Waals surface area (Å²) in [7, 11) is 2.09. The highest BCUT2D eigenvalue weighted by molar-refractivity contribution is 9.10. The van der Waals surface area contributed by atoms with Gasteiger partial charge in [-0.3, -0.25) is 0 Å². The minimum absolute atomic E-state index is 0. The molecule has 0 spiro atoms. The average Bonchev–Trinajstić information content (AvgIpc) is 2.69. The number of hydrogen-bond donors (Lipinski definition) is 0. The van der Waals surface area contributed by atoms with Crippen LogP contribution in [-0.4, -0.2) is 4.57 Å². The lowest BCUT2D eigenvalue weighted by molar-refractivity contribution is -0.510. The lowest BCUT2D eigenvalue weighted by Crippen LogP contribution is -3.00. The smallest absolute Gasteiger partial charge is 0.286 e. The highest BCUT2D eigenvalue weighted by Gasteiger charge is 2.14. The van der Waals surface area contributed by atoms with Crippen molar-refractivity contribution >= 4 is 21.6 Å². The van der Waals surface area contributed by atoms with Crippen LogP contribution in [0.1, 0.15) is 0 Å². The number of benzene rings is 1. The molecule has 0 fully saturated rings. The summed E-state index contributed by atoms with van der Waals surface area (Å²) in [6, 6.07) is 14.6. The summed E-state index contributed by atoms with van der Waals surface area (Å²) < 4.78 is 5.44. The van der Waals surface area contributed by atoms with Crippen LogP contribution in [0.15, 0.2) is 59.3 Å². The third-order valence-electron chi connectivity index (χ3n) is 2.97. The monoisotopic (exact) mass is 414 g/mol. The molecule has 0 aliphatic heterocycles. The molecule has 0 amide bonds. The first-order valence-electron chi connectivity index (χ1n) is 5.47. The molecule has 18 heavy (non-hydrogen) atoms. The zero-order chi connectivity index (χ0) is 11.8. The first-order chi connectivity index (χ1) is 8.25. The molecule has 2 nitrogen and oxygen atoms in total. The van der Waals surface area contributed by atoms with E-state index in [-0.39, 0.29) is 24.0 Å². The van der Waals surface area contributed by atoms with Crippen LogP contribution in [0.3, 0.4) is 0 Å². The van der Waals surface area contributed by atoms with Crippen LogP contribution in [0.5, 0.6) is 0 Å². The Labute approximate surface area is 131 Å². The molecular weight excluding hydrogens is 403 g/mol. The van der Waals surface area contributed by atoms with E-state index >= 15 is 0 Å². The Hall–Kier alpha value is -0.880. The van der Waals surface area contributed by atoms with Gasteiger partial charge in [-0.05, 0) is 30.3 Å². The number of aryl methyl sites for hydroxylation is 1. The molecule has 0 saturated carbocycles. The molecule has 92 valence electrons. The predicted octanol–water partition coefficient (Wildman–Crippen LogP) is 0.197. The zero-order valence-electron chi connectivity index (χ0n) is 9.85. The topological polar surface area (TPSA) is 9.03 Å². The minimum Gasteiger partial charge on any atom is -1.00 e. The van der Waals surface area contributed by atoms with Gasteiger partial charge in [-0.1, -0.05) is 22.0 Å². The predicted molar refractivity (Wildman–Crippen MR) is 71.7 cm³/mol. The number of rotatable bonds is 1. The number of nitrogens with zero attached hydrogens (tertiary/aromatic N) is 2. The summed E-state index contributed by atoms with van der Waals surface area (Å²) in [4.78, 5) is 0. The molecule has 2 aromatic heterocycles. The molecule has 4 heteroatoms. The average molecular weight is 415 g/mol. The lowest BCUT2D eigenvalue weighted by Gasteiger charge is -1.97. The third kappa shape index (κ3) is 2.31. The first kappa shape index (κ1) is 13.5. The molecule has 0 bridgehead atoms. The summed E-state index contributed by atoms with van der Waals surface area (Å²) in [6.07, 6.45) is 4.22. The second-order valence-electron chi connectivity index (χ2n) is 4.05. The van der Waals surface area contributed by atoms with Crippen LogP contribution < -0.4 is 28.4 Å². The second-order valence-corrected chi connectivity index (χ2v) is 4.96. The van der Waals surface area contributed by atoms with E-state index in [1.807, 2.05) is 6.07 Å². The Morgan fingerprint density at radius 2 is 1.78 bits per heavy atom. The Morgan fingerprint density at radius 3 is 2.44 bits per heavy atom. The van der Waals surface area contributed by atoms with Crippen LogP contribution in [0.25, 0.3) is 16.9 Å². The molecule has 0 saturated heterocycles. The SMILES string of the molecule is Cn1c(-c2ccc(Br)cc2)c[n+]2ccccc12.[I-]. The summed E-state index contributed by atoms with van der Waals surface area (Å²) >= 11 is 3.46. The van der Waals surface area contributed by atoms with Crippen LogP contribution in [0.4, 0.5) is 0 Å². The number of pyridine rings is 1. The van der Waals surface area contributed by atoms with E-state index in [9.17, 15) is 0 Å². The Balaban J connectivity index is 0.00000120. The van der Waals surface area contributed by atoms with Crippen LogP contribution in [0.2, 0.25) is 0 Å². The normalized spacial score (nSPS) is 10.3. The van der Waals surface area contributed by atoms with Gasteiger partial charge in [-0.2, -0.15) is 0 Å². The fourth-order valence-corrected chi connectivity index (χ4v) is 2.34. The second kappa shape index (κ2) is 5.40. The lowest BCUT2D eigenvalue weighted by atomic mass is 10.2. The van der Waals surface area contributed by atoms with Gasteiger partial charge in [-0.15, -0.1) is 0 Å². The van der Waals surface area contributed by atoms with Gasteiger partial charge >= 0.3 is 0 Å². The number of imidazole rings is 1. The van der Waals surface area contributed by atoms with Gasteiger partial charge in [0.1, 0.15) is 6.20 Å². The van der Waals surface area contributed by atoms with Gasteiger partial charge in [-0.25, -0.2) is 8.97 Å². The van der Waals surface area contributed by atoms with Gasteiger partial charge in [0, 0.05) is 16.1 Å². The molecule has 1 aromatic carbocycles. The molecular formula is C14H12BrIN2. The van der Waals surface area contributed by atoms with Crippen molar-refractivity contribution in [2.24, 2.45) is 7.05 Å². The molecule has 0 N–H and O–H groups in total. The van der Waals surface area contributed by atoms with E-state index in [0.717, 1.165) is 4.47 Å². The minimum atomic E-state index is 0. The van der Waals surface area contributed by atoms with E-state index < -0.39 is 0 Å². The summed E-state index contributed by atoms with van der Waals surface area (Å²) in [5.41, 5.74) is 3.62. The van der Waals surface area contributed by atoms with Crippen molar-refractivity contribution in [1.29, 1.82) is 0 Å². The Bertz CT molecular complexity index is 674. The van der Waals surface area contributed by atoms with Crippen molar-refractivity contribution in [2.75, 3.05) is 0 Å². The van der Waals surface area contributed by atoms with Gasteiger partial charge < -0.3 is 24.0 Å². The van der Waals surface area contributed by atoms with Crippen molar-refractivity contribution in [3.63, 3.8) is 0 Å². The molecule has 0 aliphatic rings. The standard InChI is InChI=1S/C14H12BrN2.HI/c1-16-13(11-5-7-12(15)8-6-11)10-17-9-3-2-4-14(16)17;/h2-10H,1H3;1H/q+1;/p-1. The fourth-order valence-electron chi connectivity index (χ4n) is 2.07. The summed E-state index contributed by atoms with van der Waals surface area (Å²) in [6.45, 7) is 0. The molecule has 0 atom stereocenters. The Morgan fingerprint density at radius 1 is 1.06 bits per heavy atom. The van der Waals surface area contributed by atoms with Crippen molar-refractivity contribution in [3.05, 3.63) is 59.3 Å². The van der Waals surface area contributed by atoms with Crippen molar-refractivity contribution in [1.82, 2.24) is 4.57 Å². The van der Waals surface area contributed by atoms with E-state index in [0.29, 0.717) is 0 Å². The quantitative estimate of drug-likeness (QED) is 0.397. The van der Waals surface area contributed by atoms with Gasteiger partial charge in [0.15, 0.2) is 5.69 Å². The largest absolute Gasteiger partial charge is 1.00 e. The molecule has 2 heterocycles. The van der Waals surface area contributed by atoms with Gasteiger partial charge in [0.2, 0.25) is 0 Å². The van der Waals surface area contributed by atoms with Gasteiger partial charge in [0.05, 0.1) is 13.2 Å². The van der Waals surface area contributed by atoms with Crippen molar-refractivity contribution in [2.45, 2.75) is 0 Å². The molecule has 0 aliphatic carbocycles. The highest BCUT2D eigenvalue weighted by Crippen LogP contribution is 2.21. The molecule has 3 rings (SSSR count). The van der Waals surface area contributed by atoms with Gasteiger partial charge in [0.25, 0.3) is 5.65 Å². The van der Waals surface area contributed by atoms with E-state index in [1.54, 1.807) is 0 Å². The summed E-state index contributed by atoms with van der Waals surface area (Å²) in [5, 5.41) is 0. The number of aromatic nitrogens is 2. The van der Waals surface area contributed by atoms with Crippen LogP contribution >= 0.6 is 15.9 Å². The number of fused-ring (bicyclic) bond motifs is 1. The maximum atomic E-state index is 3.46. The van der Waals surface area contributed by atoms with E-state index in [4.69, 9.17) is 0 Å². The van der Waals surface area contributed by atoms with Crippen molar-refractivity contribution < 1.29 is 28.4 Å². The summed E-state index contributed by atoms with van der Waals surface area (Å²) in [5.74, 6) is 0. The van der Waals surface area contributed by atoms with Crippen LogP contribution in [0, 0.1) is 0 Å². The third-order valence-corrected chi connectivity index (χ3v) is 3.50. The number of halogens is 2. The molecule has 3 aromatic rings. The van der Waals surface area contributed by atoms with Crippen LogP contribution in [-0.2, 0) is 7.05 Å². The molecule has 0 radical (unpaired) electrons. The maximum absolute atomic E-state index is 3.46. The highest BCUT2D eigenvalue weighted by atomic mass is 127. The first-order valence-corrected chi connectivity index (χ1v) is 6.27. The fraction of sp³-hybridized carbons (Fsp3) is 0.0714. The van der Waals surface area contributed by atoms with E-state index in [2.05, 4.69) is 80.7 Å². The Kier molecular flexibility index (Phi) is 4.07. The molecule has 0 unspecified atom stereocenters. The van der Waals surface area contributed by atoms with E-state index in [1.165, 1.54) is 16.9 Å².